The standard InChI is InChI=1S/C23H22N2O4S/c1-25(2)23(27)14-29-21-10-6-18(7-11-21)22(26)12-5-17-3-8-20(9-4-17)28-13-19-15-30-16-24-19/h3-12,15-16H,13-14H2,1-2H3/b12-5+. The normalized spacial score (nSPS) is 10.7. The van der Waals surface area contributed by atoms with Crippen LogP contribution in [0.1, 0.15) is 21.6 Å². The van der Waals surface area contributed by atoms with Crippen LogP contribution in [0.25, 0.3) is 6.08 Å². The van der Waals surface area contributed by atoms with Gasteiger partial charge in [0.1, 0.15) is 18.1 Å². The van der Waals surface area contributed by atoms with Gasteiger partial charge in [-0.1, -0.05) is 18.2 Å². The summed E-state index contributed by atoms with van der Waals surface area (Å²) in [5, 5.41) is 1.95. The second kappa shape index (κ2) is 10.4. The minimum absolute atomic E-state index is 0.0380. The summed E-state index contributed by atoms with van der Waals surface area (Å²) in [4.78, 5) is 29.6. The average molecular weight is 423 g/mol. The summed E-state index contributed by atoms with van der Waals surface area (Å²) in [6, 6.07) is 14.2. The molecule has 154 valence electrons. The fourth-order valence-electron chi connectivity index (χ4n) is 2.40. The molecule has 3 aromatic rings. The summed E-state index contributed by atoms with van der Waals surface area (Å²) in [6.45, 7) is 0.393. The largest absolute Gasteiger partial charge is 0.487 e. The Balaban J connectivity index is 1.51. The van der Waals surface area contributed by atoms with Crippen molar-refractivity contribution in [3.63, 3.8) is 0 Å². The van der Waals surface area contributed by atoms with E-state index in [2.05, 4.69) is 4.98 Å². The van der Waals surface area contributed by atoms with Crippen LogP contribution in [0.3, 0.4) is 0 Å². The Morgan fingerprint density at radius 2 is 1.67 bits per heavy atom. The lowest BCUT2D eigenvalue weighted by atomic mass is 10.1. The first-order valence-electron chi connectivity index (χ1n) is 9.26. The molecule has 0 fully saturated rings. The maximum absolute atomic E-state index is 12.4. The molecule has 0 unspecified atom stereocenters. The first kappa shape index (κ1) is 21.3. The molecule has 0 atom stereocenters. The van der Waals surface area contributed by atoms with Crippen LogP contribution in [0, 0.1) is 0 Å². The molecule has 0 spiro atoms. The fourth-order valence-corrected chi connectivity index (χ4v) is 2.94. The van der Waals surface area contributed by atoms with Crippen LogP contribution >= 0.6 is 11.3 Å². The second-order valence-electron chi connectivity index (χ2n) is 6.64. The first-order chi connectivity index (χ1) is 14.5. The minimum Gasteiger partial charge on any atom is -0.487 e. The van der Waals surface area contributed by atoms with Crippen LogP contribution in [-0.2, 0) is 11.4 Å². The molecule has 3 rings (SSSR count). The highest BCUT2D eigenvalue weighted by molar-refractivity contribution is 7.07. The third-order valence-electron chi connectivity index (χ3n) is 4.18. The molecule has 0 saturated carbocycles. The van der Waals surface area contributed by atoms with E-state index in [-0.39, 0.29) is 18.3 Å². The Labute approximate surface area is 179 Å². The molecule has 0 radical (unpaired) electrons. The molecule has 0 N–H and O–H groups in total. The average Bonchev–Trinajstić information content (AvgIpc) is 3.29. The lowest BCUT2D eigenvalue weighted by molar-refractivity contribution is -0.130. The van der Waals surface area contributed by atoms with Crippen molar-refractivity contribution in [2.45, 2.75) is 6.61 Å². The SMILES string of the molecule is CN(C)C(=O)COc1ccc(C(=O)/C=C/c2ccc(OCc3cscn3)cc2)cc1. The van der Waals surface area contributed by atoms with Crippen LogP contribution < -0.4 is 9.47 Å². The number of carbonyl (C=O) groups is 2. The van der Waals surface area contributed by atoms with E-state index in [9.17, 15) is 9.59 Å². The zero-order chi connectivity index (χ0) is 21.3. The predicted molar refractivity (Wildman–Crippen MR) is 117 cm³/mol. The molecule has 6 nitrogen and oxygen atoms in total. The number of ether oxygens (including phenoxy) is 2. The summed E-state index contributed by atoms with van der Waals surface area (Å²) >= 11 is 1.54. The number of rotatable bonds is 9. The van der Waals surface area contributed by atoms with Crippen molar-refractivity contribution in [1.82, 2.24) is 9.88 Å². The zero-order valence-electron chi connectivity index (χ0n) is 16.8. The van der Waals surface area contributed by atoms with Crippen LogP contribution in [0.2, 0.25) is 0 Å². The Morgan fingerprint density at radius 1 is 1.00 bits per heavy atom. The zero-order valence-corrected chi connectivity index (χ0v) is 17.6. The molecule has 0 bridgehead atoms. The van der Waals surface area contributed by atoms with Crippen LogP contribution in [-0.4, -0.2) is 42.3 Å². The Hall–Kier alpha value is -3.45. The van der Waals surface area contributed by atoms with Gasteiger partial charge >= 0.3 is 0 Å². The van der Waals surface area contributed by atoms with Gasteiger partial charge in [-0.25, -0.2) is 4.98 Å². The summed E-state index contributed by atoms with van der Waals surface area (Å²) in [7, 11) is 3.34. The number of aromatic nitrogens is 1. The van der Waals surface area contributed by atoms with E-state index in [1.807, 2.05) is 29.6 Å². The minimum atomic E-state index is -0.127. The molecule has 1 amide bonds. The van der Waals surface area contributed by atoms with Gasteiger partial charge in [0.25, 0.3) is 5.91 Å². The summed E-state index contributed by atoms with van der Waals surface area (Å²) in [5.74, 6) is 1.04. The summed E-state index contributed by atoms with van der Waals surface area (Å²) in [5.41, 5.74) is 4.11. The summed E-state index contributed by atoms with van der Waals surface area (Å²) < 4.78 is 11.1. The van der Waals surface area contributed by atoms with Gasteiger partial charge in [0.05, 0.1) is 11.2 Å². The van der Waals surface area contributed by atoms with E-state index >= 15 is 0 Å². The highest BCUT2D eigenvalue weighted by Crippen LogP contribution is 2.16. The quantitative estimate of drug-likeness (QED) is 0.384. The van der Waals surface area contributed by atoms with Gasteiger partial charge in [0, 0.05) is 25.0 Å². The Kier molecular flexibility index (Phi) is 7.34. The third-order valence-corrected chi connectivity index (χ3v) is 4.81. The lowest BCUT2D eigenvalue weighted by Crippen LogP contribution is -2.27. The maximum atomic E-state index is 12.4. The number of nitrogens with zero attached hydrogens (tertiary/aromatic N) is 2. The van der Waals surface area contributed by atoms with Gasteiger partial charge < -0.3 is 14.4 Å². The fraction of sp³-hybridized carbons (Fsp3) is 0.174. The van der Waals surface area contributed by atoms with Crippen molar-refractivity contribution < 1.29 is 19.1 Å². The number of likely N-dealkylation sites (N-methyl/N-ethyl adjacent to an activating group) is 1. The number of carbonyl (C=O) groups excluding carboxylic acids is 2. The van der Waals surface area contributed by atoms with Crippen molar-refractivity contribution in [2.75, 3.05) is 20.7 Å². The number of amides is 1. The monoisotopic (exact) mass is 422 g/mol. The van der Waals surface area contributed by atoms with E-state index in [1.165, 1.54) is 22.3 Å². The highest BCUT2D eigenvalue weighted by atomic mass is 32.1. The number of allylic oxidation sites excluding steroid dienone is 1. The molecular formula is C23H22N2O4S. The topological polar surface area (TPSA) is 68.7 Å². The van der Waals surface area contributed by atoms with E-state index in [4.69, 9.17) is 9.47 Å². The molecule has 0 aliphatic carbocycles. The van der Waals surface area contributed by atoms with Crippen molar-refractivity contribution in [2.24, 2.45) is 0 Å². The van der Waals surface area contributed by atoms with E-state index < -0.39 is 0 Å². The number of benzene rings is 2. The van der Waals surface area contributed by atoms with E-state index in [0.717, 1.165) is 17.0 Å². The van der Waals surface area contributed by atoms with Crippen molar-refractivity contribution in [1.29, 1.82) is 0 Å². The van der Waals surface area contributed by atoms with Crippen LogP contribution in [0.4, 0.5) is 0 Å². The van der Waals surface area contributed by atoms with Crippen LogP contribution in [0.5, 0.6) is 11.5 Å². The molecule has 1 aromatic heterocycles. The van der Waals surface area contributed by atoms with Crippen molar-refractivity contribution in [3.05, 3.63) is 82.3 Å². The number of hydrogen-bond donors (Lipinski definition) is 0. The molecule has 0 saturated heterocycles. The van der Waals surface area contributed by atoms with Crippen LogP contribution in [0.15, 0.2) is 65.5 Å². The van der Waals surface area contributed by atoms with Gasteiger partial charge in [-0.15, -0.1) is 11.3 Å². The van der Waals surface area contributed by atoms with Crippen molar-refractivity contribution in [3.8, 4) is 11.5 Å². The molecule has 30 heavy (non-hydrogen) atoms. The Bertz CT molecular complexity index is 995. The lowest BCUT2D eigenvalue weighted by Gasteiger charge is -2.11. The molecule has 0 aliphatic heterocycles. The second-order valence-corrected chi connectivity index (χ2v) is 7.35. The van der Waals surface area contributed by atoms with Gasteiger partial charge in [0.2, 0.25) is 0 Å². The molecule has 1 heterocycles. The number of ketones is 1. The number of hydrogen-bond acceptors (Lipinski definition) is 6. The van der Waals surface area contributed by atoms with E-state index in [1.54, 1.807) is 49.9 Å². The summed E-state index contributed by atoms with van der Waals surface area (Å²) in [6.07, 6.45) is 3.28. The molecular weight excluding hydrogens is 400 g/mol. The van der Waals surface area contributed by atoms with Gasteiger partial charge in [-0.05, 0) is 48.0 Å². The van der Waals surface area contributed by atoms with Gasteiger partial charge in [-0.3, -0.25) is 9.59 Å². The predicted octanol–water partition coefficient (Wildman–Crippen LogP) is 4.09. The molecule has 7 heteroatoms. The van der Waals surface area contributed by atoms with Gasteiger partial charge in [-0.2, -0.15) is 0 Å². The third kappa shape index (κ3) is 6.28. The number of thiazole rings is 1. The smallest absolute Gasteiger partial charge is 0.259 e. The first-order valence-corrected chi connectivity index (χ1v) is 10.2. The molecule has 0 aliphatic rings. The maximum Gasteiger partial charge on any atom is 0.259 e. The highest BCUT2D eigenvalue weighted by Gasteiger charge is 2.06. The molecule has 2 aromatic carbocycles. The Morgan fingerprint density at radius 3 is 2.30 bits per heavy atom. The van der Waals surface area contributed by atoms with Gasteiger partial charge in [0.15, 0.2) is 12.4 Å². The van der Waals surface area contributed by atoms with E-state index in [0.29, 0.717) is 17.9 Å². The van der Waals surface area contributed by atoms with Crippen molar-refractivity contribution >= 4 is 29.1 Å².